The van der Waals surface area contributed by atoms with Crippen molar-refractivity contribution in [2.75, 3.05) is 11.1 Å². The number of nitrogens with two attached hydrogens (primary N) is 1. The molecule has 4 nitrogen and oxygen atoms in total. The van der Waals surface area contributed by atoms with Crippen molar-refractivity contribution < 1.29 is 14.3 Å². The Labute approximate surface area is 109 Å². The van der Waals surface area contributed by atoms with Gasteiger partial charge in [-0.25, -0.2) is 4.39 Å². The Morgan fingerprint density at radius 1 is 1.26 bits per heavy atom. The van der Waals surface area contributed by atoms with Crippen LogP contribution in [0.5, 0.6) is 5.75 Å². The number of rotatable bonds is 2. The molecule has 0 unspecified atom stereocenters. The van der Waals surface area contributed by atoms with Gasteiger partial charge in [-0.1, -0.05) is 6.07 Å². The van der Waals surface area contributed by atoms with Crippen LogP contribution < -0.4 is 11.1 Å². The van der Waals surface area contributed by atoms with Crippen LogP contribution in [0, 0.1) is 12.7 Å². The number of carbonyl (C=O) groups is 1. The van der Waals surface area contributed by atoms with E-state index < -0.39 is 11.7 Å². The number of benzene rings is 2. The quantitative estimate of drug-likeness (QED) is 0.574. The van der Waals surface area contributed by atoms with E-state index in [0.717, 1.165) is 11.6 Å². The van der Waals surface area contributed by atoms with Crippen LogP contribution in [0.3, 0.4) is 0 Å². The van der Waals surface area contributed by atoms with Crippen LogP contribution in [0.4, 0.5) is 15.8 Å². The summed E-state index contributed by atoms with van der Waals surface area (Å²) >= 11 is 0. The molecule has 0 heterocycles. The van der Waals surface area contributed by atoms with Crippen molar-refractivity contribution in [3.05, 3.63) is 53.3 Å². The molecule has 2 aromatic rings. The minimum atomic E-state index is -0.704. The summed E-state index contributed by atoms with van der Waals surface area (Å²) in [6, 6.07) is 8.58. The number of anilines is 2. The van der Waals surface area contributed by atoms with E-state index in [-0.39, 0.29) is 22.7 Å². The Kier molecular flexibility index (Phi) is 3.37. The number of aromatic hydroxyl groups is 1. The van der Waals surface area contributed by atoms with Gasteiger partial charge in [-0.2, -0.15) is 0 Å². The Bertz CT molecular complexity index is 641. The first-order chi connectivity index (χ1) is 8.97. The first-order valence-corrected chi connectivity index (χ1v) is 5.63. The molecule has 0 saturated heterocycles. The average Bonchev–Trinajstić information content (AvgIpc) is 2.33. The van der Waals surface area contributed by atoms with Crippen molar-refractivity contribution >= 4 is 17.3 Å². The first kappa shape index (κ1) is 12.9. The largest absolute Gasteiger partial charge is 0.506 e. The van der Waals surface area contributed by atoms with Gasteiger partial charge in [0.1, 0.15) is 11.6 Å². The third-order valence-corrected chi connectivity index (χ3v) is 2.64. The fourth-order valence-corrected chi connectivity index (χ4v) is 1.66. The van der Waals surface area contributed by atoms with Gasteiger partial charge >= 0.3 is 0 Å². The smallest absolute Gasteiger partial charge is 0.258 e. The summed E-state index contributed by atoms with van der Waals surface area (Å²) in [6.07, 6.45) is 0. The maximum atomic E-state index is 13.6. The fraction of sp³-hybridized carbons (Fsp3) is 0.0714. The van der Waals surface area contributed by atoms with E-state index in [2.05, 4.69) is 5.32 Å². The zero-order valence-electron chi connectivity index (χ0n) is 10.3. The van der Waals surface area contributed by atoms with Gasteiger partial charge in [0.2, 0.25) is 0 Å². The fourth-order valence-electron chi connectivity index (χ4n) is 1.66. The third kappa shape index (κ3) is 2.82. The highest BCUT2D eigenvalue weighted by Gasteiger charge is 2.13. The molecule has 0 saturated carbocycles. The summed E-state index contributed by atoms with van der Waals surface area (Å²) in [5, 5.41) is 12.1. The van der Waals surface area contributed by atoms with Crippen LogP contribution in [0.1, 0.15) is 15.9 Å². The minimum absolute atomic E-state index is 0.0743. The van der Waals surface area contributed by atoms with E-state index in [1.54, 1.807) is 12.1 Å². The molecule has 0 aromatic heterocycles. The second kappa shape index (κ2) is 4.97. The highest BCUT2D eigenvalue weighted by atomic mass is 19.1. The van der Waals surface area contributed by atoms with E-state index in [0.29, 0.717) is 0 Å². The SMILES string of the molecule is Cc1ccc(O)c(NC(=O)c2ccc(N)cc2F)c1. The van der Waals surface area contributed by atoms with Crippen LogP contribution in [-0.4, -0.2) is 11.0 Å². The molecular weight excluding hydrogens is 247 g/mol. The van der Waals surface area contributed by atoms with Crippen molar-refractivity contribution in [3.8, 4) is 5.75 Å². The van der Waals surface area contributed by atoms with Crippen molar-refractivity contribution in [3.63, 3.8) is 0 Å². The summed E-state index contributed by atoms with van der Waals surface area (Å²) in [4.78, 5) is 11.9. The predicted octanol–water partition coefficient (Wildman–Crippen LogP) is 2.67. The monoisotopic (exact) mass is 260 g/mol. The predicted molar refractivity (Wildman–Crippen MR) is 71.6 cm³/mol. The maximum absolute atomic E-state index is 13.6. The van der Waals surface area contributed by atoms with Gasteiger partial charge in [0.05, 0.1) is 11.3 Å². The number of phenols is 1. The van der Waals surface area contributed by atoms with Gasteiger partial charge in [-0.05, 0) is 42.8 Å². The van der Waals surface area contributed by atoms with Crippen molar-refractivity contribution in [2.45, 2.75) is 6.92 Å². The molecule has 0 fully saturated rings. The molecule has 2 aromatic carbocycles. The molecule has 0 spiro atoms. The molecule has 4 N–H and O–H groups in total. The number of hydrogen-bond donors (Lipinski definition) is 3. The van der Waals surface area contributed by atoms with Gasteiger partial charge in [0, 0.05) is 5.69 Å². The lowest BCUT2D eigenvalue weighted by Gasteiger charge is -2.09. The number of nitrogens with one attached hydrogen (secondary N) is 1. The van der Waals surface area contributed by atoms with Crippen LogP contribution in [0.15, 0.2) is 36.4 Å². The lowest BCUT2D eigenvalue weighted by atomic mass is 10.1. The van der Waals surface area contributed by atoms with Gasteiger partial charge in [0.25, 0.3) is 5.91 Å². The molecular formula is C14H13FN2O2. The lowest BCUT2D eigenvalue weighted by Crippen LogP contribution is -2.14. The normalized spacial score (nSPS) is 10.2. The highest BCUT2D eigenvalue weighted by molar-refractivity contribution is 6.05. The molecule has 2 rings (SSSR count). The summed E-state index contributed by atoms with van der Waals surface area (Å²) in [5.74, 6) is -1.42. The Balaban J connectivity index is 2.28. The Morgan fingerprint density at radius 3 is 2.68 bits per heavy atom. The number of nitrogen functional groups attached to an aromatic ring is 1. The van der Waals surface area contributed by atoms with Gasteiger partial charge in [-0.3, -0.25) is 4.79 Å². The summed E-state index contributed by atoms with van der Waals surface area (Å²) in [6.45, 7) is 1.82. The van der Waals surface area contributed by atoms with E-state index in [4.69, 9.17) is 5.73 Å². The average molecular weight is 260 g/mol. The highest BCUT2D eigenvalue weighted by Crippen LogP contribution is 2.25. The number of aryl methyl sites for hydroxylation is 1. The second-order valence-corrected chi connectivity index (χ2v) is 4.21. The maximum Gasteiger partial charge on any atom is 0.258 e. The number of phenolic OH excluding ortho intramolecular Hbond substituents is 1. The van der Waals surface area contributed by atoms with Crippen molar-refractivity contribution in [1.29, 1.82) is 0 Å². The summed E-state index contributed by atoms with van der Waals surface area (Å²) in [7, 11) is 0. The summed E-state index contributed by atoms with van der Waals surface area (Å²) < 4.78 is 13.6. The number of halogens is 1. The standard InChI is InChI=1S/C14H13FN2O2/c1-8-2-5-13(18)12(6-8)17-14(19)10-4-3-9(16)7-11(10)15/h2-7,18H,16H2,1H3,(H,17,19). The van der Waals surface area contributed by atoms with Gasteiger partial charge in [0.15, 0.2) is 0 Å². The van der Waals surface area contributed by atoms with E-state index >= 15 is 0 Å². The zero-order chi connectivity index (χ0) is 14.0. The molecule has 1 amide bonds. The number of amides is 1. The molecule has 0 bridgehead atoms. The lowest BCUT2D eigenvalue weighted by molar-refractivity contribution is 0.102. The van der Waals surface area contributed by atoms with E-state index in [9.17, 15) is 14.3 Å². The third-order valence-electron chi connectivity index (χ3n) is 2.64. The molecule has 98 valence electrons. The Hall–Kier alpha value is -2.56. The molecule has 0 aliphatic rings. The van der Waals surface area contributed by atoms with Crippen molar-refractivity contribution in [1.82, 2.24) is 0 Å². The molecule has 0 aliphatic heterocycles. The van der Waals surface area contributed by atoms with Gasteiger partial charge < -0.3 is 16.2 Å². The van der Waals surface area contributed by atoms with Crippen LogP contribution >= 0.6 is 0 Å². The number of hydrogen-bond acceptors (Lipinski definition) is 3. The van der Waals surface area contributed by atoms with Crippen molar-refractivity contribution in [2.24, 2.45) is 0 Å². The number of carbonyl (C=O) groups excluding carboxylic acids is 1. The molecule has 0 radical (unpaired) electrons. The van der Waals surface area contributed by atoms with E-state index in [1.807, 2.05) is 6.92 Å². The Morgan fingerprint density at radius 2 is 2.00 bits per heavy atom. The zero-order valence-corrected chi connectivity index (χ0v) is 10.3. The van der Waals surface area contributed by atoms with Crippen LogP contribution in [0.25, 0.3) is 0 Å². The summed E-state index contributed by atoms with van der Waals surface area (Å²) in [5.41, 5.74) is 6.63. The minimum Gasteiger partial charge on any atom is -0.506 e. The second-order valence-electron chi connectivity index (χ2n) is 4.21. The van der Waals surface area contributed by atoms with Crippen LogP contribution in [0.2, 0.25) is 0 Å². The first-order valence-electron chi connectivity index (χ1n) is 5.63. The molecule has 5 heteroatoms. The van der Waals surface area contributed by atoms with Crippen LogP contribution in [-0.2, 0) is 0 Å². The topological polar surface area (TPSA) is 75.3 Å². The molecule has 0 aliphatic carbocycles. The van der Waals surface area contributed by atoms with E-state index in [1.165, 1.54) is 18.2 Å². The molecule has 0 atom stereocenters. The molecule has 19 heavy (non-hydrogen) atoms. The van der Waals surface area contributed by atoms with Gasteiger partial charge in [-0.15, -0.1) is 0 Å².